The highest BCUT2D eigenvalue weighted by atomic mass is 16.5. The van der Waals surface area contributed by atoms with Crippen LogP contribution in [0.3, 0.4) is 0 Å². The van der Waals surface area contributed by atoms with E-state index in [0.717, 1.165) is 0 Å². The van der Waals surface area contributed by atoms with Crippen molar-refractivity contribution in [1.29, 1.82) is 0 Å². The lowest BCUT2D eigenvalue weighted by molar-refractivity contribution is -0.154. The maximum atomic E-state index is 11.2. The van der Waals surface area contributed by atoms with E-state index >= 15 is 0 Å². The Labute approximate surface area is 88.0 Å². The van der Waals surface area contributed by atoms with E-state index in [0.29, 0.717) is 11.5 Å². The fraction of sp³-hybridized carbons (Fsp3) is 0.600. The Kier molecular flexibility index (Phi) is 3.14. The number of aryl methyl sites for hydroxylation is 1. The van der Waals surface area contributed by atoms with E-state index in [1.165, 1.54) is 7.11 Å². The summed E-state index contributed by atoms with van der Waals surface area (Å²) < 4.78 is 9.50. The fourth-order valence-corrected chi connectivity index (χ4v) is 1.21. The van der Waals surface area contributed by atoms with Crippen molar-refractivity contribution in [1.82, 2.24) is 5.16 Å². The predicted molar refractivity (Wildman–Crippen MR) is 52.3 cm³/mol. The molecule has 15 heavy (non-hydrogen) atoms. The third-order valence-electron chi connectivity index (χ3n) is 2.37. The summed E-state index contributed by atoms with van der Waals surface area (Å²) >= 11 is 0. The van der Waals surface area contributed by atoms with Crippen LogP contribution in [0.4, 0.5) is 0 Å². The van der Waals surface area contributed by atoms with Gasteiger partial charge in [-0.25, -0.2) is 4.79 Å². The third kappa shape index (κ3) is 2.18. The lowest BCUT2D eigenvalue weighted by atomic mass is 9.83. The summed E-state index contributed by atoms with van der Waals surface area (Å²) in [6.45, 7) is 5.15. The molecule has 0 aliphatic heterocycles. The first kappa shape index (κ1) is 11.7. The lowest BCUT2D eigenvalue weighted by Gasteiger charge is -2.25. The summed E-state index contributed by atoms with van der Waals surface area (Å²) in [7, 11) is 1.23. The molecule has 0 saturated carbocycles. The second-order valence-corrected chi connectivity index (χ2v) is 3.98. The number of aliphatic hydroxyl groups excluding tert-OH is 1. The van der Waals surface area contributed by atoms with Crippen molar-refractivity contribution in [2.45, 2.75) is 32.3 Å². The zero-order chi connectivity index (χ0) is 11.6. The zero-order valence-corrected chi connectivity index (χ0v) is 9.27. The molecular weight excluding hydrogens is 198 g/mol. The van der Waals surface area contributed by atoms with Gasteiger partial charge in [0.2, 0.25) is 0 Å². The molecule has 1 aromatic heterocycles. The molecule has 1 unspecified atom stereocenters. The van der Waals surface area contributed by atoms with Gasteiger partial charge in [-0.15, -0.1) is 0 Å². The highest BCUT2D eigenvalue weighted by Crippen LogP contribution is 2.28. The number of carbonyl (C=O) groups excluding carboxylic acids is 1. The van der Waals surface area contributed by atoms with Gasteiger partial charge in [0, 0.05) is 6.07 Å². The molecular formula is C10H15NO4. The summed E-state index contributed by atoms with van der Waals surface area (Å²) in [4.78, 5) is 11.2. The van der Waals surface area contributed by atoms with E-state index in [4.69, 9.17) is 4.52 Å². The van der Waals surface area contributed by atoms with Gasteiger partial charge in [0.1, 0.15) is 5.76 Å². The molecule has 0 saturated heterocycles. The number of hydrogen-bond donors (Lipinski definition) is 1. The van der Waals surface area contributed by atoms with Crippen molar-refractivity contribution in [2.24, 2.45) is 0 Å². The molecule has 5 heteroatoms. The van der Waals surface area contributed by atoms with Crippen LogP contribution in [0, 0.1) is 6.92 Å². The molecule has 84 valence electrons. The second kappa shape index (κ2) is 4.02. The number of hydrogen-bond acceptors (Lipinski definition) is 5. The fourth-order valence-electron chi connectivity index (χ4n) is 1.21. The minimum absolute atomic E-state index is 0.456. The molecule has 0 aliphatic rings. The molecule has 0 amide bonds. The highest BCUT2D eigenvalue weighted by Gasteiger charge is 2.39. The molecule has 1 aromatic rings. The Morgan fingerprint density at radius 2 is 2.27 bits per heavy atom. The molecule has 1 heterocycles. The monoisotopic (exact) mass is 213 g/mol. The predicted octanol–water partition coefficient (Wildman–Crippen LogP) is 0.795. The molecule has 0 bridgehead atoms. The minimum atomic E-state index is -1.27. The normalized spacial score (nSPS) is 13.7. The number of aliphatic hydroxyl groups is 1. The number of nitrogens with zero attached hydrogens (tertiary/aromatic N) is 1. The molecule has 0 aliphatic carbocycles. The minimum Gasteiger partial charge on any atom is -0.467 e. The van der Waals surface area contributed by atoms with E-state index in [1.807, 2.05) is 0 Å². The van der Waals surface area contributed by atoms with Gasteiger partial charge in [0.15, 0.2) is 6.10 Å². The average molecular weight is 213 g/mol. The van der Waals surface area contributed by atoms with E-state index in [-0.39, 0.29) is 0 Å². The summed E-state index contributed by atoms with van der Waals surface area (Å²) in [6.07, 6.45) is -1.27. The van der Waals surface area contributed by atoms with Gasteiger partial charge in [0.25, 0.3) is 0 Å². The van der Waals surface area contributed by atoms with Gasteiger partial charge in [0.05, 0.1) is 18.2 Å². The second-order valence-electron chi connectivity index (χ2n) is 3.98. The van der Waals surface area contributed by atoms with Gasteiger partial charge in [-0.05, 0) is 20.8 Å². The number of esters is 1. The summed E-state index contributed by atoms with van der Waals surface area (Å²) in [6, 6.07) is 1.69. The van der Waals surface area contributed by atoms with Crippen molar-refractivity contribution in [2.75, 3.05) is 7.11 Å². The number of ether oxygens (including phenoxy) is 1. The van der Waals surface area contributed by atoms with Crippen LogP contribution in [0.15, 0.2) is 10.6 Å². The first-order valence-corrected chi connectivity index (χ1v) is 4.59. The lowest BCUT2D eigenvalue weighted by Crippen LogP contribution is -2.40. The largest absolute Gasteiger partial charge is 0.467 e. The topological polar surface area (TPSA) is 72.6 Å². The van der Waals surface area contributed by atoms with E-state index < -0.39 is 17.5 Å². The molecule has 1 rings (SSSR count). The van der Waals surface area contributed by atoms with Gasteiger partial charge in [-0.1, -0.05) is 5.16 Å². The van der Waals surface area contributed by atoms with Crippen LogP contribution in [-0.4, -0.2) is 29.4 Å². The van der Waals surface area contributed by atoms with Crippen molar-refractivity contribution < 1.29 is 19.2 Å². The van der Waals surface area contributed by atoms with E-state index in [9.17, 15) is 9.90 Å². The van der Waals surface area contributed by atoms with Gasteiger partial charge < -0.3 is 14.4 Å². The van der Waals surface area contributed by atoms with E-state index in [1.54, 1.807) is 26.8 Å². The van der Waals surface area contributed by atoms with Crippen molar-refractivity contribution in [3.05, 3.63) is 17.5 Å². The third-order valence-corrected chi connectivity index (χ3v) is 2.37. The van der Waals surface area contributed by atoms with Crippen LogP contribution in [0.2, 0.25) is 0 Å². The Balaban J connectivity index is 2.96. The maximum Gasteiger partial charge on any atom is 0.335 e. The Hall–Kier alpha value is -1.36. The molecule has 0 aromatic carbocycles. The number of rotatable bonds is 3. The Morgan fingerprint density at radius 3 is 2.67 bits per heavy atom. The molecule has 5 nitrogen and oxygen atoms in total. The first-order valence-electron chi connectivity index (χ1n) is 4.59. The summed E-state index contributed by atoms with van der Waals surface area (Å²) in [5.41, 5.74) is -0.149. The van der Waals surface area contributed by atoms with Crippen LogP contribution in [0.1, 0.15) is 25.3 Å². The Bertz CT molecular complexity index is 356. The van der Waals surface area contributed by atoms with Crippen molar-refractivity contribution >= 4 is 5.97 Å². The zero-order valence-electron chi connectivity index (χ0n) is 9.27. The van der Waals surface area contributed by atoms with Crippen LogP contribution >= 0.6 is 0 Å². The van der Waals surface area contributed by atoms with E-state index in [2.05, 4.69) is 9.89 Å². The standard InChI is InChI=1S/C10H15NO4/c1-6-5-7(15-11-6)10(2,3)8(12)9(13)14-4/h5,8,12H,1-4H3. The smallest absolute Gasteiger partial charge is 0.335 e. The van der Waals surface area contributed by atoms with Gasteiger partial charge in [-0.2, -0.15) is 0 Å². The van der Waals surface area contributed by atoms with Crippen molar-refractivity contribution in [3.63, 3.8) is 0 Å². The van der Waals surface area contributed by atoms with Crippen LogP contribution in [-0.2, 0) is 14.9 Å². The maximum absolute atomic E-state index is 11.2. The molecule has 0 spiro atoms. The molecule has 1 N–H and O–H groups in total. The van der Waals surface area contributed by atoms with Crippen LogP contribution < -0.4 is 0 Å². The SMILES string of the molecule is COC(=O)C(O)C(C)(C)c1cc(C)no1. The van der Waals surface area contributed by atoms with Crippen molar-refractivity contribution in [3.8, 4) is 0 Å². The Morgan fingerprint density at radius 1 is 1.67 bits per heavy atom. The highest BCUT2D eigenvalue weighted by molar-refractivity contribution is 5.76. The number of aromatic nitrogens is 1. The molecule has 1 atom stereocenters. The van der Waals surface area contributed by atoms with Gasteiger partial charge in [-0.3, -0.25) is 0 Å². The number of methoxy groups -OCH3 is 1. The molecule has 0 radical (unpaired) electrons. The number of carbonyl (C=O) groups is 1. The van der Waals surface area contributed by atoms with Crippen LogP contribution in [0.5, 0.6) is 0 Å². The summed E-state index contributed by atoms with van der Waals surface area (Å²) in [5.74, 6) is -0.230. The quantitative estimate of drug-likeness (QED) is 0.752. The molecule has 0 fully saturated rings. The summed E-state index contributed by atoms with van der Waals surface area (Å²) in [5, 5.41) is 13.5. The average Bonchev–Trinajstić information content (AvgIpc) is 2.63. The first-order chi connectivity index (χ1) is 6.89. The van der Waals surface area contributed by atoms with Crippen LogP contribution in [0.25, 0.3) is 0 Å². The van der Waals surface area contributed by atoms with Gasteiger partial charge >= 0.3 is 5.97 Å².